The van der Waals surface area contributed by atoms with Gasteiger partial charge in [0.05, 0.1) is 26.4 Å². The molecular formula is C31H30O11. The highest BCUT2D eigenvalue weighted by Crippen LogP contribution is 2.51. The quantitative estimate of drug-likeness (QED) is 0.426. The standard InChI is InChI=1S/C31H30O11/c1-34-20-10-16-17(11-21(20)35-2)26(40-30-28-27(23(12-32)39-30)41-31(42-28)7-3-4-8-31)18-13-36-29(33)25(18)24(16)15-5-6-19-22(9-15)38-14-37-19/h5-6,9-11,23,27-28,30,32H,3-4,7-8,12-14H2,1-2H3. The smallest absolute Gasteiger partial charge is 0.339 e. The molecule has 3 aromatic rings. The summed E-state index contributed by atoms with van der Waals surface area (Å²) < 4.78 is 53.7. The molecule has 0 aromatic heterocycles. The van der Waals surface area contributed by atoms with Crippen LogP contribution in [-0.2, 0) is 25.6 Å². The lowest BCUT2D eigenvalue weighted by Crippen LogP contribution is -2.35. The van der Waals surface area contributed by atoms with E-state index in [2.05, 4.69) is 0 Å². The molecule has 1 N–H and O–H groups in total. The van der Waals surface area contributed by atoms with Crippen LogP contribution in [0.3, 0.4) is 0 Å². The molecule has 0 bridgehead atoms. The van der Waals surface area contributed by atoms with Gasteiger partial charge in [0.2, 0.25) is 13.1 Å². The Morgan fingerprint density at radius 2 is 1.64 bits per heavy atom. The lowest BCUT2D eigenvalue weighted by molar-refractivity contribution is -0.229. The fourth-order valence-electron chi connectivity index (χ4n) is 6.88. The Kier molecular flexibility index (Phi) is 5.94. The van der Waals surface area contributed by atoms with Gasteiger partial charge in [-0.2, -0.15) is 0 Å². The van der Waals surface area contributed by atoms with Crippen molar-refractivity contribution in [1.29, 1.82) is 0 Å². The Morgan fingerprint density at radius 1 is 0.905 bits per heavy atom. The summed E-state index contributed by atoms with van der Waals surface area (Å²) >= 11 is 0. The molecule has 1 saturated carbocycles. The summed E-state index contributed by atoms with van der Waals surface area (Å²) in [6.45, 7) is -0.102. The lowest BCUT2D eigenvalue weighted by atomic mass is 9.89. The Bertz CT molecular complexity index is 1590. The highest BCUT2D eigenvalue weighted by molar-refractivity contribution is 6.14. The van der Waals surface area contributed by atoms with E-state index in [9.17, 15) is 9.90 Å². The number of benzene rings is 3. The fraction of sp³-hybridized carbons (Fsp3) is 0.452. The van der Waals surface area contributed by atoms with Gasteiger partial charge in [-0.15, -0.1) is 0 Å². The molecule has 4 unspecified atom stereocenters. The van der Waals surface area contributed by atoms with E-state index in [4.69, 9.17) is 42.6 Å². The third-order valence-electron chi connectivity index (χ3n) is 8.82. The van der Waals surface area contributed by atoms with E-state index in [0.29, 0.717) is 56.2 Å². The van der Waals surface area contributed by atoms with Crippen molar-refractivity contribution in [2.24, 2.45) is 0 Å². The molecule has 4 heterocycles. The molecule has 3 fully saturated rings. The van der Waals surface area contributed by atoms with Gasteiger partial charge in [0.25, 0.3) is 0 Å². The van der Waals surface area contributed by atoms with Crippen molar-refractivity contribution in [1.82, 2.24) is 0 Å². The molecule has 4 atom stereocenters. The van der Waals surface area contributed by atoms with Crippen LogP contribution in [0.15, 0.2) is 30.3 Å². The number of carbonyl (C=O) groups is 1. The van der Waals surface area contributed by atoms with Gasteiger partial charge in [-0.25, -0.2) is 4.79 Å². The normalized spacial score (nSPS) is 26.5. The van der Waals surface area contributed by atoms with E-state index in [1.54, 1.807) is 14.2 Å². The SMILES string of the molecule is COc1cc2c(OC3OC(CO)C4OC5(CCCC5)OC34)c3c(c(-c4ccc5c(c4)OCO5)c2cc1OC)C(=O)OC3. The monoisotopic (exact) mass is 578 g/mol. The third-order valence-corrected chi connectivity index (χ3v) is 8.82. The minimum atomic E-state index is -0.889. The molecule has 11 nitrogen and oxygen atoms in total. The number of ether oxygens (including phenoxy) is 9. The summed E-state index contributed by atoms with van der Waals surface area (Å²) in [6.07, 6.45) is 1.06. The molecule has 8 rings (SSSR count). The van der Waals surface area contributed by atoms with Crippen LogP contribution < -0.4 is 23.7 Å². The number of methoxy groups -OCH3 is 2. The number of esters is 1. The van der Waals surface area contributed by atoms with Gasteiger partial charge in [0.15, 0.2) is 34.9 Å². The maximum Gasteiger partial charge on any atom is 0.339 e. The molecular weight excluding hydrogens is 548 g/mol. The van der Waals surface area contributed by atoms with Crippen LogP contribution in [0.5, 0.6) is 28.7 Å². The van der Waals surface area contributed by atoms with E-state index >= 15 is 0 Å². The fourth-order valence-corrected chi connectivity index (χ4v) is 6.88. The Morgan fingerprint density at radius 3 is 2.40 bits per heavy atom. The molecule has 3 aromatic carbocycles. The first kappa shape index (κ1) is 25.9. The van der Waals surface area contributed by atoms with Crippen molar-refractivity contribution >= 4 is 16.7 Å². The van der Waals surface area contributed by atoms with Crippen LogP contribution >= 0.6 is 0 Å². The van der Waals surface area contributed by atoms with Crippen molar-refractivity contribution < 1.29 is 52.5 Å². The largest absolute Gasteiger partial charge is 0.493 e. The topological polar surface area (TPSA) is 120 Å². The van der Waals surface area contributed by atoms with E-state index in [0.717, 1.165) is 31.2 Å². The van der Waals surface area contributed by atoms with E-state index < -0.39 is 36.4 Å². The van der Waals surface area contributed by atoms with E-state index in [1.165, 1.54) is 0 Å². The summed E-state index contributed by atoms with van der Waals surface area (Å²) in [5, 5.41) is 11.5. The third kappa shape index (κ3) is 3.77. The Balaban J connectivity index is 1.31. The van der Waals surface area contributed by atoms with Crippen LogP contribution in [0.1, 0.15) is 41.6 Å². The number of carbonyl (C=O) groups excluding carboxylic acids is 1. The van der Waals surface area contributed by atoms with Gasteiger partial charge in [-0.1, -0.05) is 6.07 Å². The first-order valence-electron chi connectivity index (χ1n) is 14.1. The highest BCUT2D eigenvalue weighted by atomic mass is 16.8. The number of cyclic esters (lactones) is 1. The van der Waals surface area contributed by atoms with Gasteiger partial charge in [0.1, 0.15) is 24.6 Å². The second kappa shape index (κ2) is 9.63. The van der Waals surface area contributed by atoms with E-state index in [-0.39, 0.29) is 20.0 Å². The number of fused-ring (bicyclic) bond motifs is 4. The van der Waals surface area contributed by atoms with Gasteiger partial charge in [0, 0.05) is 29.4 Å². The molecule has 0 radical (unpaired) electrons. The van der Waals surface area contributed by atoms with Crippen LogP contribution in [0.25, 0.3) is 21.9 Å². The Labute approximate surface area is 241 Å². The zero-order valence-corrected chi connectivity index (χ0v) is 23.2. The maximum atomic E-state index is 13.4. The predicted molar refractivity (Wildman–Crippen MR) is 145 cm³/mol. The van der Waals surface area contributed by atoms with Crippen molar-refractivity contribution in [2.75, 3.05) is 27.6 Å². The van der Waals surface area contributed by atoms with Gasteiger partial charge in [-0.3, -0.25) is 0 Å². The molecule has 11 heteroatoms. The van der Waals surface area contributed by atoms with Crippen molar-refractivity contribution in [3.63, 3.8) is 0 Å². The predicted octanol–water partition coefficient (Wildman–Crippen LogP) is 4.07. The maximum absolute atomic E-state index is 13.4. The minimum Gasteiger partial charge on any atom is -0.493 e. The average molecular weight is 579 g/mol. The van der Waals surface area contributed by atoms with E-state index in [1.807, 2.05) is 30.3 Å². The molecule has 2 saturated heterocycles. The lowest BCUT2D eigenvalue weighted by Gasteiger charge is -2.27. The number of aliphatic hydroxyl groups is 1. The summed E-state index contributed by atoms with van der Waals surface area (Å²) in [5.74, 6) is 1.44. The molecule has 1 spiro atoms. The highest BCUT2D eigenvalue weighted by Gasteiger charge is 2.60. The first-order chi connectivity index (χ1) is 20.5. The first-order valence-corrected chi connectivity index (χ1v) is 14.1. The molecule has 1 aliphatic carbocycles. The van der Waals surface area contributed by atoms with Crippen LogP contribution in [-0.4, -0.2) is 69.1 Å². The minimum absolute atomic E-state index is 0.0108. The molecule has 42 heavy (non-hydrogen) atoms. The van der Waals surface area contributed by atoms with Gasteiger partial charge < -0.3 is 47.7 Å². The molecule has 4 aliphatic heterocycles. The summed E-state index contributed by atoms with van der Waals surface area (Å²) in [6, 6.07) is 9.20. The van der Waals surface area contributed by atoms with Crippen LogP contribution in [0.2, 0.25) is 0 Å². The zero-order chi connectivity index (χ0) is 28.6. The van der Waals surface area contributed by atoms with Gasteiger partial charge >= 0.3 is 5.97 Å². The number of hydrogen-bond acceptors (Lipinski definition) is 11. The zero-order valence-electron chi connectivity index (χ0n) is 23.2. The number of aliphatic hydroxyl groups excluding tert-OH is 1. The molecule has 0 amide bonds. The van der Waals surface area contributed by atoms with Gasteiger partial charge in [-0.05, 0) is 48.1 Å². The van der Waals surface area contributed by atoms with Crippen LogP contribution in [0, 0.1) is 0 Å². The molecule has 220 valence electrons. The van der Waals surface area contributed by atoms with Crippen molar-refractivity contribution in [2.45, 2.75) is 62.7 Å². The number of rotatable bonds is 6. The summed E-state index contributed by atoms with van der Waals surface area (Å²) in [5.41, 5.74) is 2.35. The molecule has 5 aliphatic rings. The van der Waals surface area contributed by atoms with Crippen molar-refractivity contribution in [3.05, 3.63) is 41.5 Å². The number of hydrogen-bond donors (Lipinski definition) is 1. The summed E-state index contributed by atoms with van der Waals surface area (Å²) in [7, 11) is 3.12. The van der Waals surface area contributed by atoms with Crippen molar-refractivity contribution in [3.8, 4) is 39.9 Å². The Hall–Kier alpha value is -3.77. The summed E-state index contributed by atoms with van der Waals surface area (Å²) in [4.78, 5) is 13.4. The second-order valence-electron chi connectivity index (χ2n) is 11.1. The second-order valence-corrected chi connectivity index (χ2v) is 11.1. The average Bonchev–Trinajstić information content (AvgIpc) is 3.84. The van der Waals surface area contributed by atoms with Crippen LogP contribution in [0.4, 0.5) is 0 Å².